The van der Waals surface area contributed by atoms with Crippen molar-refractivity contribution in [3.05, 3.63) is 0 Å². The molecule has 1 N–H and O–H groups in total. The van der Waals surface area contributed by atoms with Gasteiger partial charge >= 0.3 is 0 Å². The van der Waals surface area contributed by atoms with Crippen LogP contribution in [0.25, 0.3) is 0 Å². The van der Waals surface area contributed by atoms with E-state index < -0.39 is 0 Å². The summed E-state index contributed by atoms with van der Waals surface area (Å²) in [6.07, 6.45) is 4.11. The Kier molecular flexibility index (Phi) is 3.25. The minimum absolute atomic E-state index is 0.0291. The molecule has 4 atom stereocenters. The monoisotopic (exact) mass is 292 g/mol. The highest BCUT2D eigenvalue weighted by Gasteiger charge is 2.60. The number of nitrogens with one attached hydrogen (secondary N) is 1. The molecule has 21 heavy (non-hydrogen) atoms. The van der Waals surface area contributed by atoms with E-state index in [0.29, 0.717) is 12.5 Å². The number of imide groups is 1. The van der Waals surface area contributed by atoms with Crippen LogP contribution in [0.5, 0.6) is 0 Å². The second-order valence-electron chi connectivity index (χ2n) is 8.47. The highest BCUT2D eigenvalue weighted by molar-refractivity contribution is 6.05. The molecule has 2 saturated carbocycles. The predicted octanol–water partition coefficient (Wildman–Crippen LogP) is 2.33. The van der Waals surface area contributed by atoms with Crippen LogP contribution < -0.4 is 5.32 Å². The maximum Gasteiger partial charge on any atom is 0.247 e. The van der Waals surface area contributed by atoms with Crippen molar-refractivity contribution < 1.29 is 9.59 Å². The van der Waals surface area contributed by atoms with Crippen LogP contribution in [0.3, 0.4) is 0 Å². The van der Waals surface area contributed by atoms with Crippen LogP contribution in [0, 0.1) is 16.7 Å². The molecule has 2 bridgehead atoms. The molecule has 4 unspecified atom stereocenters. The average molecular weight is 292 g/mol. The molecule has 3 rings (SSSR count). The summed E-state index contributed by atoms with van der Waals surface area (Å²) in [4.78, 5) is 26.0. The summed E-state index contributed by atoms with van der Waals surface area (Å²) in [5, 5.41) is 3.59. The van der Waals surface area contributed by atoms with Crippen molar-refractivity contribution >= 4 is 11.8 Å². The molecule has 1 aliphatic heterocycles. The number of carbonyl (C=O) groups excluding carboxylic acids is 2. The topological polar surface area (TPSA) is 49.4 Å². The fourth-order valence-corrected chi connectivity index (χ4v) is 5.24. The van der Waals surface area contributed by atoms with Gasteiger partial charge in [0.25, 0.3) is 0 Å². The van der Waals surface area contributed by atoms with Crippen LogP contribution in [0.4, 0.5) is 0 Å². The molecule has 4 heteroatoms. The molecule has 2 amide bonds. The standard InChI is InChI=1S/C17H28N2O2/c1-10(2)19-13(20)8-12(14(19)21)18-15-16(3,4)11-6-7-17(15,5)9-11/h10-12,15,18H,6-9H2,1-5H3. The fraction of sp³-hybridized carbons (Fsp3) is 0.882. The van der Waals surface area contributed by atoms with E-state index >= 15 is 0 Å². The maximum absolute atomic E-state index is 12.5. The van der Waals surface area contributed by atoms with Crippen LogP contribution in [-0.4, -0.2) is 34.8 Å². The zero-order valence-electron chi connectivity index (χ0n) is 13.9. The van der Waals surface area contributed by atoms with E-state index in [2.05, 4.69) is 26.1 Å². The summed E-state index contributed by atoms with van der Waals surface area (Å²) in [5.74, 6) is 0.684. The Bertz CT molecular complexity index is 480. The van der Waals surface area contributed by atoms with Crippen LogP contribution in [0.2, 0.25) is 0 Å². The Morgan fingerprint density at radius 2 is 1.90 bits per heavy atom. The summed E-state index contributed by atoms with van der Waals surface area (Å²) in [5.41, 5.74) is 0.490. The van der Waals surface area contributed by atoms with Crippen molar-refractivity contribution in [2.45, 2.75) is 78.4 Å². The van der Waals surface area contributed by atoms with Gasteiger partial charge in [-0.1, -0.05) is 20.8 Å². The third-order valence-electron chi connectivity index (χ3n) is 6.34. The van der Waals surface area contributed by atoms with Gasteiger partial charge in [0.15, 0.2) is 0 Å². The Hall–Kier alpha value is -0.900. The molecular formula is C17H28N2O2. The molecule has 4 nitrogen and oxygen atoms in total. The van der Waals surface area contributed by atoms with E-state index in [1.54, 1.807) is 0 Å². The highest BCUT2D eigenvalue weighted by Crippen LogP contribution is 2.62. The first kappa shape index (κ1) is 15.0. The number of nitrogens with zero attached hydrogens (tertiary/aromatic N) is 1. The van der Waals surface area contributed by atoms with Gasteiger partial charge in [-0.2, -0.15) is 0 Å². The number of rotatable bonds is 3. The Balaban J connectivity index is 1.79. The first-order valence-corrected chi connectivity index (χ1v) is 8.29. The molecule has 0 radical (unpaired) electrons. The number of likely N-dealkylation sites (tertiary alicyclic amines) is 1. The van der Waals surface area contributed by atoms with Gasteiger partial charge in [0.2, 0.25) is 11.8 Å². The Morgan fingerprint density at radius 3 is 2.38 bits per heavy atom. The number of fused-ring (bicyclic) bond motifs is 2. The molecule has 0 spiro atoms. The van der Waals surface area contributed by atoms with Crippen molar-refractivity contribution in [2.24, 2.45) is 16.7 Å². The first-order chi connectivity index (χ1) is 9.67. The lowest BCUT2D eigenvalue weighted by molar-refractivity contribution is -0.140. The molecule has 1 saturated heterocycles. The smallest absolute Gasteiger partial charge is 0.247 e. The van der Waals surface area contributed by atoms with E-state index in [9.17, 15) is 9.59 Å². The third-order valence-corrected chi connectivity index (χ3v) is 6.34. The van der Waals surface area contributed by atoms with E-state index in [-0.39, 0.29) is 34.7 Å². The highest BCUT2D eigenvalue weighted by atomic mass is 16.2. The largest absolute Gasteiger partial charge is 0.302 e. The zero-order chi connectivity index (χ0) is 15.6. The number of amides is 2. The predicted molar refractivity (Wildman–Crippen MR) is 81.5 cm³/mol. The van der Waals surface area contributed by atoms with Crippen molar-refractivity contribution in [1.82, 2.24) is 10.2 Å². The fourth-order valence-electron chi connectivity index (χ4n) is 5.24. The van der Waals surface area contributed by atoms with Crippen molar-refractivity contribution in [3.63, 3.8) is 0 Å². The van der Waals surface area contributed by atoms with E-state index in [4.69, 9.17) is 0 Å². The minimum atomic E-state index is -0.319. The Morgan fingerprint density at radius 1 is 1.24 bits per heavy atom. The molecule has 0 aromatic rings. The molecule has 1 heterocycles. The van der Waals surface area contributed by atoms with Gasteiger partial charge in [-0.25, -0.2) is 0 Å². The lowest BCUT2D eigenvalue weighted by atomic mass is 9.68. The summed E-state index contributed by atoms with van der Waals surface area (Å²) < 4.78 is 0. The van der Waals surface area contributed by atoms with Gasteiger partial charge in [0.05, 0.1) is 12.5 Å². The lowest BCUT2D eigenvalue weighted by Gasteiger charge is -2.44. The number of carbonyl (C=O) groups is 2. The minimum Gasteiger partial charge on any atom is -0.302 e. The maximum atomic E-state index is 12.5. The molecule has 3 fully saturated rings. The van der Waals surface area contributed by atoms with E-state index in [1.807, 2.05) is 13.8 Å². The quantitative estimate of drug-likeness (QED) is 0.812. The molecule has 2 aliphatic carbocycles. The summed E-state index contributed by atoms with van der Waals surface area (Å²) in [6, 6.07) is -0.0293. The van der Waals surface area contributed by atoms with Gasteiger partial charge in [-0.3, -0.25) is 14.5 Å². The number of hydrogen-bond donors (Lipinski definition) is 1. The van der Waals surface area contributed by atoms with Crippen molar-refractivity contribution in [3.8, 4) is 0 Å². The summed E-state index contributed by atoms with van der Waals surface area (Å²) >= 11 is 0. The van der Waals surface area contributed by atoms with Crippen molar-refractivity contribution in [1.29, 1.82) is 0 Å². The zero-order valence-corrected chi connectivity index (χ0v) is 13.9. The van der Waals surface area contributed by atoms with Crippen molar-refractivity contribution in [2.75, 3.05) is 0 Å². The molecule has 0 aromatic heterocycles. The van der Waals surface area contributed by atoms with Gasteiger partial charge in [0, 0.05) is 12.1 Å². The Labute approximate surface area is 127 Å². The first-order valence-electron chi connectivity index (χ1n) is 8.29. The van der Waals surface area contributed by atoms with Crippen LogP contribution in [0.15, 0.2) is 0 Å². The average Bonchev–Trinajstić information content (AvgIpc) is 2.92. The van der Waals surface area contributed by atoms with E-state index in [0.717, 1.165) is 5.92 Å². The van der Waals surface area contributed by atoms with Crippen LogP contribution in [-0.2, 0) is 9.59 Å². The molecular weight excluding hydrogens is 264 g/mol. The molecule has 118 valence electrons. The van der Waals surface area contributed by atoms with E-state index in [1.165, 1.54) is 24.2 Å². The van der Waals surface area contributed by atoms with Gasteiger partial charge in [0.1, 0.15) is 0 Å². The third kappa shape index (κ3) is 2.06. The summed E-state index contributed by atoms with van der Waals surface area (Å²) in [7, 11) is 0. The normalized spacial score (nSPS) is 41.6. The van der Waals surface area contributed by atoms with Gasteiger partial charge in [-0.05, 0) is 49.9 Å². The van der Waals surface area contributed by atoms with Crippen LogP contribution >= 0.6 is 0 Å². The number of hydrogen-bond acceptors (Lipinski definition) is 3. The molecule has 3 aliphatic rings. The second kappa shape index (κ2) is 4.55. The second-order valence-corrected chi connectivity index (χ2v) is 8.47. The molecule has 0 aromatic carbocycles. The van der Waals surface area contributed by atoms with Crippen LogP contribution in [0.1, 0.15) is 60.3 Å². The van der Waals surface area contributed by atoms with Gasteiger partial charge in [-0.15, -0.1) is 0 Å². The lowest BCUT2D eigenvalue weighted by Crippen LogP contribution is -2.55. The van der Waals surface area contributed by atoms with Gasteiger partial charge < -0.3 is 5.32 Å². The SMILES string of the molecule is CC(C)N1C(=O)CC(NC2C3(C)CCC(C3)C2(C)C)C1=O. The summed E-state index contributed by atoms with van der Waals surface area (Å²) in [6.45, 7) is 10.8.